The van der Waals surface area contributed by atoms with Gasteiger partial charge in [0.05, 0.1) is 12.6 Å². The van der Waals surface area contributed by atoms with E-state index in [9.17, 15) is 24.0 Å². The number of hydrogen-bond donors (Lipinski definition) is 4. The van der Waals surface area contributed by atoms with Gasteiger partial charge in [-0.2, -0.15) is 0 Å². The highest BCUT2D eigenvalue weighted by atomic mass is 16.8. The van der Waals surface area contributed by atoms with Gasteiger partial charge in [0, 0.05) is 12.8 Å². The van der Waals surface area contributed by atoms with Crippen molar-refractivity contribution in [1.82, 2.24) is 21.3 Å². The van der Waals surface area contributed by atoms with Crippen LogP contribution in [-0.2, 0) is 49.5 Å². The summed E-state index contributed by atoms with van der Waals surface area (Å²) < 4.78 is 30.3. The Morgan fingerprint density at radius 3 is 2.25 bits per heavy atom. The minimum absolute atomic E-state index is 0.117. The third-order valence-electron chi connectivity index (χ3n) is 9.25. The zero-order chi connectivity index (χ0) is 36.7. The molecular formula is C37H48N4O10. The van der Waals surface area contributed by atoms with Crippen molar-refractivity contribution < 1.29 is 47.7 Å². The van der Waals surface area contributed by atoms with Gasteiger partial charge in [-0.25, -0.2) is 0 Å². The number of ether oxygens (including phenoxy) is 5. The molecule has 14 heteroatoms. The predicted octanol–water partition coefficient (Wildman–Crippen LogP) is 2.24. The molecule has 3 saturated heterocycles. The number of fused-ring (bicyclic) bond motifs is 1. The Morgan fingerprint density at radius 1 is 0.882 bits per heavy atom. The number of benzene rings is 2. The Morgan fingerprint density at radius 2 is 1.57 bits per heavy atom. The van der Waals surface area contributed by atoms with E-state index in [1.54, 1.807) is 44.2 Å². The van der Waals surface area contributed by atoms with Crippen LogP contribution in [0.25, 0.3) is 0 Å². The smallest absolute Gasteiger partial charge is 0.311 e. The summed E-state index contributed by atoms with van der Waals surface area (Å²) >= 11 is 0. The molecule has 0 saturated carbocycles. The molecule has 3 heterocycles. The molecule has 51 heavy (non-hydrogen) atoms. The minimum Gasteiger partial charge on any atom is -0.427 e. The van der Waals surface area contributed by atoms with Crippen LogP contribution >= 0.6 is 0 Å². The Labute approximate surface area is 297 Å². The molecular weight excluding hydrogens is 660 g/mol. The fourth-order valence-corrected chi connectivity index (χ4v) is 6.32. The van der Waals surface area contributed by atoms with E-state index >= 15 is 0 Å². The first-order valence-corrected chi connectivity index (χ1v) is 17.5. The summed E-state index contributed by atoms with van der Waals surface area (Å²) in [6.45, 7) is 8.89. The summed E-state index contributed by atoms with van der Waals surface area (Å²) in [5.41, 5.74) is 0.892. The molecule has 3 aliphatic rings. The van der Waals surface area contributed by atoms with Crippen LogP contribution in [0.2, 0.25) is 0 Å². The first-order chi connectivity index (χ1) is 24.3. The van der Waals surface area contributed by atoms with Crippen LogP contribution in [0.3, 0.4) is 0 Å². The molecule has 3 aliphatic heterocycles. The monoisotopic (exact) mass is 708 g/mol. The van der Waals surface area contributed by atoms with Gasteiger partial charge >= 0.3 is 5.97 Å². The van der Waals surface area contributed by atoms with Gasteiger partial charge in [-0.1, -0.05) is 68.8 Å². The van der Waals surface area contributed by atoms with Gasteiger partial charge < -0.3 is 45.0 Å². The number of amides is 4. The van der Waals surface area contributed by atoms with E-state index in [-0.39, 0.29) is 31.8 Å². The van der Waals surface area contributed by atoms with Crippen molar-refractivity contribution in [3.05, 3.63) is 66.2 Å². The Hall–Kier alpha value is -4.37. The lowest BCUT2D eigenvalue weighted by molar-refractivity contribution is -0.222. The van der Waals surface area contributed by atoms with E-state index in [2.05, 4.69) is 21.3 Å². The molecule has 2 aromatic rings. The summed E-state index contributed by atoms with van der Waals surface area (Å²) in [6, 6.07) is 13.7. The standard InChI is InChI=1S/C37H48N4O10/c1-6-21(2)29-35(46)40-26(30-31(47-20-23-13-9-7-10-14-23)32-36(49-30)51-37(4,5)50-32)19-27(42)39-25(34(45)38-22(3)33(44)41-29)17-18-28(43)48-24-15-11-8-12-16-24/h7-16,21-22,25-26,29-32,36H,6,17-20H2,1-5H3,(H,38,45)(H,39,42)(H,40,46)(H,41,44)/t21?,22-,25-,26-,29-,30?,31-,32+,36+/m0/s1. The molecule has 0 spiro atoms. The van der Waals surface area contributed by atoms with Crippen LogP contribution in [0.1, 0.15) is 65.9 Å². The van der Waals surface area contributed by atoms with E-state index in [1.807, 2.05) is 44.2 Å². The maximum absolute atomic E-state index is 14.0. The van der Waals surface area contributed by atoms with Crippen molar-refractivity contribution in [3.8, 4) is 5.75 Å². The van der Waals surface area contributed by atoms with E-state index in [0.717, 1.165) is 5.56 Å². The lowest BCUT2D eigenvalue weighted by Crippen LogP contribution is -2.59. The first-order valence-electron chi connectivity index (χ1n) is 17.5. The highest BCUT2D eigenvalue weighted by Gasteiger charge is 2.57. The number of nitrogens with one attached hydrogen (secondary N) is 4. The van der Waals surface area contributed by atoms with E-state index in [1.165, 1.54) is 6.92 Å². The number of para-hydroxylation sites is 1. The highest BCUT2D eigenvalue weighted by Crippen LogP contribution is 2.40. The summed E-state index contributed by atoms with van der Waals surface area (Å²) in [5, 5.41) is 11.1. The molecule has 4 amide bonds. The fourth-order valence-electron chi connectivity index (χ4n) is 6.32. The fraction of sp³-hybridized carbons (Fsp3) is 0.541. The van der Waals surface area contributed by atoms with E-state index in [4.69, 9.17) is 23.7 Å². The molecule has 5 rings (SSSR count). The van der Waals surface area contributed by atoms with Gasteiger partial charge in [-0.3, -0.25) is 24.0 Å². The molecule has 9 atom stereocenters. The molecule has 14 nitrogen and oxygen atoms in total. The van der Waals surface area contributed by atoms with Crippen LogP contribution in [-0.4, -0.2) is 84.2 Å². The van der Waals surface area contributed by atoms with Crippen molar-refractivity contribution in [2.45, 2.75) is 121 Å². The van der Waals surface area contributed by atoms with Gasteiger partial charge in [0.25, 0.3) is 0 Å². The zero-order valence-corrected chi connectivity index (χ0v) is 29.6. The van der Waals surface area contributed by atoms with Gasteiger partial charge in [-0.15, -0.1) is 0 Å². The Kier molecular flexibility index (Phi) is 12.5. The molecule has 2 unspecified atom stereocenters. The SMILES string of the molecule is CCC(C)[C@@H]1NC(=O)[C@H](C)NC(=O)[C@H](CCC(=O)Oc2ccccc2)NC(=O)C[C@@H](C2O[C@@H]3OC(C)(C)O[C@@H]3[C@H]2OCc2ccccc2)NC1=O. The van der Waals surface area contributed by atoms with Crippen LogP contribution in [0, 0.1) is 5.92 Å². The van der Waals surface area contributed by atoms with E-state index < -0.39 is 84.2 Å². The largest absolute Gasteiger partial charge is 0.427 e. The number of esters is 1. The van der Waals surface area contributed by atoms with Crippen LogP contribution in [0.4, 0.5) is 0 Å². The number of rotatable bonds is 10. The molecule has 3 fully saturated rings. The summed E-state index contributed by atoms with van der Waals surface area (Å²) in [6.07, 6.45) is -3.36. The number of carbonyl (C=O) groups excluding carboxylic acids is 5. The molecule has 4 N–H and O–H groups in total. The molecule has 0 bridgehead atoms. The van der Waals surface area contributed by atoms with Crippen molar-refractivity contribution in [1.29, 1.82) is 0 Å². The molecule has 0 aromatic heterocycles. The third-order valence-corrected chi connectivity index (χ3v) is 9.25. The van der Waals surface area contributed by atoms with E-state index in [0.29, 0.717) is 12.2 Å². The normalized spacial score (nSPS) is 30.3. The van der Waals surface area contributed by atoms with Crippen molar-refractivity contribution in [2.75, 3.05) is 0 Å². The average Bonchev–Trinajstić information content (AvgIpc) is 3.58. The lowest BCUT2D eigenvalue weighted by Gasteiger charge is -2.33. The lowest BCUT2D eigenvalue weighted by atomic mass is 9.95. The maximum Gasteiger partial charge on any atom is 0.311 e. The third kappa shape index (κ3) is 9.91. The van der Waals surface area contributed by atoms with Gasteiger partial charge in [0.2, 0.25) is 23.6 Å². The van der Waals surface area contributed by atoms with Crippen molar-refractivity contribution >= 4 is 29.6 Å². The number of carbonyl (C=O) groups is 5. The quantitative estimate of drug-likeness (QED) is 0.211. The van der Waals surface area contributed by atoms with Gasteiger partial charge in [0.15, 0.2) is 12.1 Å². The first kappa shape index (κ1) is 37.9. The maximum atomic E-state index is 14.0. The Bertz CT molecular complexity index is 1540. The second-order valence-electron chi connectivity index (χ2n) is 13.7. The molecule has 0 radical (unpaired) electrons. The highest BCUT2D eigenvalue weighted by molar-refractivity contribution is 5.95. The van der Waals surface area contributed by atoms with Gasteiger partial charge in [0.1, 0.15) is 42.2 Å². The van der Waals surface area contributed by atoms with Crippen LogP contribution in [0.5, 0.6) is 5.75 Å². The zero-order valence-electron chi connectivity index (χ0n) is 29.6. The van der Waals surface area contributed by atoms with Crippen LogP contribution in [0.15, 0.2) is 60.7 Å². The molecule has 0 aliphatic carbocycles. The van der Waals surface area contributed by atoms with Gasteiger partial charge in [-0.05, 0) is 50.8 Å². The average molecular weight is 709 g/mol. The minimum atomic E-state index is -1.21. The summed E-state index contributed by atoms with van der Waals surface area (Å²) in [7, 11) is 0. The molecule has 276 valence electrons. The number of hydrogen-bond acceptors (Lipinski definition) is 10. The van der Waals surface area contributed by atoms with Crippen LogP contribution < -0.4 is 26.0 Å². The summed E-state index contributed by atoms with van der Waals surface area (Å²) in [5.74, 6) is -3.93. The Balaban J connectivity index is 1.41. The second-order valence-corrected chi connectivity index (χ2v) is 13.7. The van der Waals surface area contributed by atoms with Crippen molar-refractivity contribution in [3.63, 3.8) is 0 Å². The summed E-state index contributed by atoms with van der Waals surface area (Å²) in [4.78, 5) is 67.3. The molecule has 2 aromatic carbocycles. The predicted molar refractivity (Wildman–Crippen MR) is 182 cm³/mol. The van der Waals surface area contributed by atoms with Crippen molar-refractivity contribution in [2.24, 2.45) is 5.92 Å². The second kappa shape index (κ2) is 16.8. The topological polar surface area (TPSA) is 180 Å².